The van der Waals surface area contributed by atoms with Crippen molar-refractivity contribution < 1.29 is 9.90 Å². The molecule has 98 valence electrons. The molecular formula is C13H8Br2INO2. The van der Waals surface area contributed by atoms with Crippen LogP contribution in [0, 0.1) is 3.57 Å². The summed E-state index contributed by atoms with van der Waals surface area (Å²) in [6.45, 7) is 0. The highest BCUT2D eigenvalue weighted by molar-refractivity contribution is 14.1. The molecule has 0 radical (unpaired) electrons. The number of aromatic hydroxyl groups is 1. The van der Waals surface area contributed by atoms with Gasteiger partial charge >= 0.3 is 0 Å². The normalized spacial score (nSPS) is 10.3. The monoisotopic (exact) mass is 495 g/mol. The van der Waals surface area contributed by atoms with E-state index in [0.29, 0.717) is 14.6 Å². The number of hydrogen-bond acceptors (Lipinski definition) is 2. The van der Waals surface area contributed by atoms with Crippen molar-refractivity contribution in [2.75, 3.05) is 5.32 Å². The van der Waals surface area contributed by atoms with Crippen LogP contribution in [0.2, 0.25) is 0 Å². The van der Waals surface area contributed by atoms with Crippen molar-refractivity contribution in [1.29, 1.82) is 0 Å². The fourth-order valence-corrected chi connectivity index (χ4v) is 2.89. The van der Waals surface area contributed by atoms with E-state index in [9.17, 15) is 9.90 Å². The zero-order valence-corrected chi connectivity index (χ0v) is 14.8. The largest absolute Gasteiger partial charge is 0.506 e. The molecule has 0 aromatic heterocycles. The van der Waals surface area contributed by atoms with E-state index in [4.69, 9.17) is 0 Å². The molecule has 2 aromatic carbocycles. The Labute approximate surface area is 140 Å². The Kier molecular flexibility index (Phi) is 4.86. The van der Waals surface area contributed by atoms with Gasteiger partial charge in [-0.2, -0.15) is 0 Å². The molecule has 2 aromatic rings. The molecular weight excluding hydrogens is 489 g/mol. The van der Waals surface area contributed by atoms with Crippen molar-refractivity contribution in [2.45, 2.75) is 0 Å². The molecule has 2 rings (SSSR count). The van der Waals surface area contributed by atoms with Crippen LogP contribution in [0.25, 0.3) is 0 Å². The van der Waals surface area contributed by atoms with Crippen molar-refractivity contribution >= 4 is 66.0 Å². The van der Waals surface area contributed by atoms with Gasteiger partial charge in [-0.05, 0) is 84.8 Å². The Morgan fingerprint density at radius 1 is 1.16 bits per heavy atom. The molecule has 0 aliphatic heterocycles. The van der Waals surface area contributed by atoms with Gasteiger partial charge < -0.3 is 10.4 Å². The fraction of sp³-hybridized carbons (Fsp3) is 0. The maximum absolute atomic E-state index is 12.2. The number of carbonyl (C=O) groups excluding carboxylic acids is 1. The van der Waals surface area contributed by atoms with E-state index in [1.807, 2.05) is 18.2 Å². The lowest BCUT2D eigenvalue weighted by Gasteiger charge is -2.10. The van der Waals surface area contributed by atoms with Crippen LogP contribution in [0.1, 0.15) is 10.4 Å². The highest BCUT2D eigenvalue weighted by Crippen LogP contribution is 2.33. The lowest BCUT2D eigenvalue weighted by Crippen LogP contribution is -2.13. The Bertz CT molecular complexity index is 647. The smallest absolute Gasteiger partial charge is 0.260 e. The van der Waals surface area contributed by atoms with Crippen molar-refractivity contribution in [2.24, 2.45) is 0 Å². The Morgan fingerprint density at radius 2 is 1.84 bits per heavy atom. The third-order valence-electron chi connectivity index (χ3n) is 2.39. The van der Waals surface area contributed by atoms with Crippen LogP contribution in [0.5, 0.6) is 5.75 Å². The van der Waals surface area contributed by atoms with Gasteiger partial charge in [0.25, 0.3) is 5.91 Å². The van der Waals surface area contributed by atoms with Gasteiger partial charge in [-0.25, -0.2) is 0 Å². The van der Waals surface area contributed by atoms with Crippen LogP contribution in [0.3, 0.4) is 0 Å². The minimum absolute atomic E-state index is 0.0856. The van der Waals surface area contributed by atoms with Crippen LogP contribution >= 0.6 is 54.5 Å². The van der Waals surface area contributed by atoms with Crippen molar-refractivity contribution in [1.82, 2.24) is 0 Å². The number of amides is 1. The molecule has 0 saturated carbocycles. The van der Waals surface area contributed by atoms with Gasteiger partial charge in [0, 0.05) is 13.7 Å². The maximum Gasteiger partial charge on any atom is 0.260 e. The Morgan fingerprint density at radius 3 is 2.53 bits per heavy atom. The Balaban J connectivity index is 2.33. The van der Waals surface area contributed by atoms with E-state index in [1.165, 1.54) is 0 Å². The number of benzene rings is 2. The molecule has 0 spiro atoms. The molecule has 0 atom stereocenters. The van der Waals surface area contributed by atoms with Gasteiger partial charge in [0.05, 0.1) is 10.0 Å². The molecule has 0 saturated heterocycles. The summed E-state index contributed by atoms with van der Waals surface area (Å²) in [6.07, 6.45) is 0. The van der Waals surface area contributed by atoms with Crippen molar-refractivity contribution in [3.05, 3.63) is 54.5 Å². The van der Waals surface area contributed by atoms with Crippen LogP contribution < -0.4 is 5.32 Å². The van der Waals surface area contributed by atoms with Crippen LogP contribution in [-0.2, 0) is 0 Å². The highest BCUT2D eigenvalue weighted by Gasteiger charge is 2.17. The minimum atomic E-state index is -0.368. The van der Waals surface area contributed by atoms with E-state index in [2.05, 4.69) is 59.8 Å². The number of carbonyl (C=O) groups is 1. The predicted molar refractivity (Wildman–Crippen MR) is 90.6 cm³/mol. The third-order valence-corrected chi connectivity index (χ3v) is 4.36. The van der Waals surface area contributed by atoms with Gasteiger partial charge in [-0.15, -0.1) is 0 Å². The molecule has 19 heavy (non-hydrogen) atoms. The summed E-state index contributed by atoms with van der Waals surface area (Å²) < 4.78 is 2.03. The summed E-state index contributed by atoms with van der Waals surface area (Å²) in [7, 11) is 0. The Hall–Kier alpha value is -0.600. The van der Waals surface area contributed by atoms with Crippen LogP contribution in [-0.4, -0.2) is 11.0 Å². The molecule has 0 heterocycles. The van der Waals surface area contributed by atoms with Crippen molar-refractivity contribution in [3.63, 3.8) is 0 Å². The lowest BCUT2D eigenvalue weighted by molar-refractivity contribution is 0.102. The SMILES string of the molecule is O=C(Nc1cccc(I)c1)c1c(Br)ccc(Br)c1O. The van der Waals surface area contributed by atoms with Crippen molar-refractivity contribution in [3.8, 4) is 5.75 Å². The molecule has 1 amide bonds. The van der Waals surface area contributed by atoms with E-state index in [0.717, 1.165) is 3.57 Å². The first-order chi connectivity index (χ1) is 8.99. The maximum atomic E-state index is 12.2. The third kappa shape index (κ3) is 3.49. The summed E-state index contributed by atoms with van der Waals surface area (Å²) in [5.41, 5.74) is 0.886. The van der Waals surface area contributed by atoms with Gasteiger partial charge in [0.15, 0.2) is 0 Å². The highest BCUT2D eigenvalue weighted by atomic mass is 127. The number of rotatable bonds is 2. The van der Waals surface area contributed by atoms with E-state index in [1.54, 1.807) is 18.2 Å². The summed E-state index contributed by atoms with van der Waals surface area (Å²) in [5.74, 6) is -0.454. The number of hydrogen-bond donors (Lipinski definition) is 2. The molecule has 6 heteroatoms. The minimum Gasteiger partial charge on any atom is -0.506 e. The number of halogens is 3. The number of phenolic OH excluding ortho intramolecular Hbond substituents is 1. The van der Waals surface area contributed by atoms with E-state index < -0.39 is 0 Å². The van der Waals surface area contributed by atoms with Gasteiger partial charge in [-0.1, -0.05) is 6.07 Å². The number of anilines is 1. The first kappa shape index (κ1) is 14.8. The second-order valence-corrected chi connectivity index (χ2v) is 6.67. The van der Waals surface area contributed by atoms with Gasteiger partial charge in [0.1, 0.15) is 5.75 Å². The summed E-state index contributed by atoms with van der Waals surface area (Å²) in [6, 6.07) is 10.8. The van der Waals surface area contributed by atoms with Gasteiger partial charge in [0.2, 0.25) is 0 Å². The molecule has 0 fully saturated rings. The zero-order chi connectivity index (χ0) is 14.0. The molecule has 0 aliphatic carbocycles. The van der Waals surface area contributed by atoms with Crippen LogP contribution in [0.15, 0.2) is 45.3 Å². The summed E-state index contributed by atoms with van der Waals surface area (Å²) in [4.78, 5) is 12.2. The topological polar surface area (TPSA) is 49.3 Å². The second kappa shape index (κ2) is 6.23. The van der Waals surface area contributed by atoms with Crippen LogP contribution in [0.4, 0.5) is 5.69 Å². The first-order valence-corrected chi connectivity index (χ1v) is 7.89. The number of nitrogens with one attached hydrogen (secondary N) is 1. The molecule has 0 aliphatic rings. The number of phenols is 1. The first-order valence-electron chi connectivity index (χ1n) is 5.23. The van der Waals surface area contributed by atoms with E-state index in [-0.39, 0.29) is 17.2 Å². The zero-order valence-electron chi connectivity index (χ0n) is 9.45. The molecule has 3 nitrogen and oxygen atoms in total. The van der Waals surface area contributed by atoms with E-state index >= 15 is 0 Å². The lowest BCUT2D eigenvalue weighted by atomic mass is 10.2. The summed E-state index contributed by atoms with van der Waals surface area (Å²) in [5, 5.41) is 12.7. The second-order valence-electron chi connectivity index (χ2n) is 3.72. The standard InChI is InChI=1S/C13H8Br2INO2/c14-9-4-5-10(15)12(18)11(9)13(19)17-8-3-1-2-7(16)6-8/h1-6,18H,(H,17,19). The average molecular weight is 497 g/mol. The quantitative estimate of drug-likeness (QED) is 0.588. The van der Waals surface area contributed by atoms with Gasteiger partial charge in [-0.3, -0.25) is 4.79 Å². The summed E-state index contributed by atoms with van der Waals surface area (Å²) >= 11 is 8.63. The molecule has 0 bridgehead atoms. The predicted octanol–water partition coefficient (Wildman–Crippen LogP) is 4.77. The molecule has 2 N–H and O–H groups in total. The molecule has 0 unspecified atom stereocenters. The fourth-order valence-electron chi connectivity index (χ4n) is 1.52. The average Bonchev–Trinajstić information content (AvgIpc) is 2.34.